The summed E-state index contributed by atoms with van der Waals surface area (Å²) in [6.07, 6.45) is 0.594. The number of rotatable bonds is 9. The lowest BCUT2D eigenvalue weighted by Gasteiger charge is -2.26. The summed E-state index contributed by atoms with van der Waals surface area (Å²) in [4.78, 5) is 0. The Bertz CT molecular complexity index is 479. The van der Waals surface area contributed by atoms with E-state index in [2.05, 4.69) is 0 Å². The second-order valence-corrected chi connectivity index (χ2v) is 5.53. The zero-order valence-corrected chi connectivity index (χ0v) is 13.1. The number of aliphatic hydroxyl groups is 1. The van der Waals surface area contributed by atoms with Crippen molar-refractivity contribution >= 4 is 0 Å². The van der Waals surface area contributed by atoms with Gasteiger partial charge in [-0.25, -0.2) is 0 Å². The van der Waals surface area contributed by atoms with Gasteiger partial charge in [0.25, 0.3) is 0 Å². The van der Waals surface area contributed by atoms with Crippen LogP contribution in [0.2, 0.25) is 0 Å². The molecule has 0 aromatic heterocycles. The van der Waals surface area contributed by atoms with Crippen LogP contribution < -0.4 is 0 Å². The van der Waals surface area contributed by atoms with Gasteiger partial charge in [-0.3, -0.25) is 0 Å². The first-order chi connectivity index (χ1) is 10.7. The molecule has 0 spiro atoms. The standard InChI is InChI=1S/C19H24O3/c1-2-19(20,15-21-13-17-9-5-3-6-10-17)16-22-14-18-11-7-4-8-12-18/h3-12,20H,2,13-16H2,1H3. The van der Waals surface area contributed by atoms with Crippen molar-refractivity contribution in [1.82, 2.24) is 0 Å². The van der Waals surface area contributed by atoms with Crippen molar-refractivity contribution in [3.63, 3.8) is 0 Å². The highest BCUT2D eigenvalue weighted by Gasteiger charge is 2.25. The van der Waals surface area contributed by atoms with Crippen LogP contribution in [0.4, 0.5) is 0 Å². The first-order valence-electron chi connectivity index (χ1n) is 7.67. The van der Waals surface area contributed by atoms with E-state index in [-0.39, 0.29) is 13.2 Å². The summed E-state index contributed by atoms with van der Waals surface area (Å²) in [7, 11) is 0. The van der Waals surface area contributed by atoms with Crippen molar-refractivity contribution in [1.29, 1.82) is 0 Å². The largest absolute Gasteiger partial charge is 0.385 e. The van der Waals surface area contributed by atoms with Crippen LogP contribution >= 0.6 is 0 Å². The minimum Gasteiger partial charge on any atom is -0.385 e. The van der Waals surface area contributed by atoms with Crippen LogP contribution in [-0.4, -0.2) is 23.9 Å². The first kappa shape index (κ1) is 16.7. The third kappa shape index (κ3) is 5.60. The van der Waals surface area contributed by atoms with Gasteiger partial charge in [0.1, 0.15) is 5.60 Å². The highest BCUT2D eigenvalue weighted by atomic mass is 16.5. The molecule has 0 aliphatic rings. The second kappa shape index (κ2) is 8.69. The molecule has 0 aliphatic carbocycles. The van der Waals surface area contributed by atoms with Gasteiger partial charge in [-0.15, -0.1) is 0 Å². The lowest BCUT2D eigenvalue weighted by atomic mass is 10.0. The van der Waals surface area contributed by atoms with Crippen molar-refractivity contribution in [2.24, 2.45) is 0 Å². The molecule has 3 heteroatoms. The SMILES string of the molecule is CCC(O)(COCc1ccccc1)COCc1ccccc1. The third-order valence-corrected chi connectivity index (χ3v) is 3.62. The molecule has 0 aliphatic heterocycles. The Morgan fingerprint density at radius 1 is 0.773 bits per heavy atom. The topological polar surface area (TPSA) is 38.7 Å². The van der Waals surface area contributed by atoms with E-state index in [0.29, 0.717) is 19.6 Å². The second-order valence-electron chi connectivity index (χ2n) is 5.53. The van der Waals surface area contributed by atoms with E-state index in [9.17, 15) is 5.11 Å². The maximum Gasteiger partial charge on any atom is 0.111 e. The summed E-state index contributed by atoms with van der Waals surface area (Å²) in [6, 6.07) is 19.9. The molecule has 0 heterocycles. The number of benzene rings is 2. The van der Waals surface area contributed by atoms with E-state index < -0.39 is 5.60 Å². The van der Waals surface area contributed by atoms with E-state index in [0.717, 1.165) is 11.1 Å². The summed E-state index contributed by atoms with van der Waals surface area (Å²) < 4.78 is 11.3. The van der Waals surface area contributed by atoms with Gasteiger partial charge in [-0.05, 0) is 17.5 Å². The van der Waals surface area contributed by atoms with Gasteiger partial charge in [0.05, 0.1) is 26.4 Å². The Morgan fingerprint density at radius 2 is 1.18 bits per heavy atom. The van der Waals surface area contributed by atoms with Gasteiger partial charge in [0.15, 0.2) is 0 Å². The third-order valence-electron chi connectivity index (χ3n) is 3.62. The smallest absolute Gasteiger partial charge is 0.111 e. The molecule has 2 rings (SSSR count). The fourth-order valence-electron chi connectivity index (χ4n) is 2.11. The highest BCUT2D eigenvalue weighted by Crippen LogP contribution is 2.14. The number of hydrogen-bond acceptors (Lipinski definition) is 3. The summed E-state index contributed by atoms with van der Waals surface area (Å²) in [5, 5.41) is 10.5. The molecule has 0 unspecified atom stereocenters. The van der Waals surface area contributed by atoms with Gasteiger partial charge in [-0.1, -0.05) is 67.6 Å². The van der Waals surface area contributed by atoms with Crippen LogP contribution in [-0.2, 0) is 22.7 Å². The summed E-state index contributed by atoms with van der Waals surface area (Å²) in [5.41, 5.74) is 1.26. The fraction of sp³-hybridized carbons (Fsp3) is 0.368. The van der Waals surface area contributed by atoms with Gasteiger partial charge >= 0.3 is 0 Å². The van der Waals surface area contributed by atoms with E-state index in [4.69, 9.17) is 9.47 Å². The predicted octanol–water partition coefficient (Wildman–Crippen LogP) is 3.56. The average molecular weight is 300 g/mol. The highest BCUT2D eigenvalue weighted by molar-refractivity contribution is 5.14. The Kier molecular flexibility index (Phi) is 6.59. The molecular formula is C19H24O3. The Balaban J connectivity index is 1.73. The van der Waals surface area contributed by atoms with E-state index >= 15 is 0 Å². The molecule has 3 nitrogen and oxygen atoms in total. The summed E-state index contributed by atoms with van der Waals surface area (Å²) >= 11 is 0. The van der Waals surface area contributed by atoms with E-state index in [1.165, 1.54) is 0 Å². The van der Waals surface area contributed by atoms with Crippen molar-refractivity contribution in [3.8, 4) is 0 Å². The monoisotopic (exact) mass is 300 g/mol. The molecule has 118 valence electrons. The van der Waals surface area contributed by atoms with E-state index in [1.807, 2.05) is 67.6 Å². The molecule has 0 fully saturated rings. The van der Waals surface area contributed by atoms with Crippen molar-refractivity contribution in [3.05, 3.63) is 71.8 Å². The molecule has 0 saturated carbocycles. The quantitative estimate of drug-likeness (QED) is 0.769. The molecule has 2 aromatic rings. The molecule has 1 N–H and O–H groups in total. The van der Waals surface area contributed by atoms with Crippen molar-refractivity contribution in [2.45, 2.75) is 32.2 Å². The minimum absolute atomic E-state index is 0.271. The normalized spacial score (nSPS) is 11.5. The van der Waals surface area contributed by atoms with E-state index in [1.54, 1.807) is 0 Å². The fourth-order valence-corrected chi connectivity index (χ4v) is 2.11. The predicted molar refractivity (Wildman–Crippen MR) is 87.4 cm³/mol. The average Bonchev–Trinajstić information content (AvgIpc) is 2.57. The molecule has 0 amide bonds. The Hall–Kier alpha value is -1.68. The molecule has 2 aromatic carbocycles. The van der Waals surface area contributed by atoms with Crippen LogP contribution in [0.15, 0.2) is 60.7 Å². The molecular weight excluding hydrogens is 276 g/mol. The summed E-state index contributed by atoms with van der Waals surface area (Å²) in [6.45, 7) is 3.49. The molecule has 0 atom stereocenters. The van der Waals surface area contributed by atoms with Gasteiger partial charge < -0.3 is 14.6 Å². The molecule has 0 saturated heterocycles. The maximum atomic E-state index is 10.5. The van der Waals surface area contributed by atoms with Crippen LogP contribution in [0.25, 0.3) is 0 Å². The first-order valence-corrected chi connectivity index (χ1v) is 7.67. The summed E-state index contributed by atoms with van der Waals surface area (Å²) in [5.74, 6) is 0. The molecule has 0 radical (unpaired) electrons. The van der Waals surface area contributed by atoms with Crippen molar-refractivity contribution in [2.75, 3.05) is 13.2 Å². The van der Waals surface area contributed by atoms with Crippen LogP contribution in [0, 0.1) is 0 Å². The zero-order chi connectivity index (χ0) is 15.7. The lowest BCUT2D eigenvalue weighted by molar-refractivity contribution is -0.104. The van der Waals surface area contributed by atoms with Crippen LogP contribution in [0.5, 0.6) is 0 Å². The lowest BCUT2D eigenvalue weighted by Crippen LogP contribution is -2.39. The van der Waals surface area contributed by atoms with Crippen LogP contribution in [0.1, 0.15) is 24.5 Å². The Labute approximate surface area is 132 Å². The number of hydrogen-bond donors (Lipinski definition) is 1. The molecule has 22 heavy (non-hydrogen) atoms. The Morgan fingerprint density at radius 3 is 1.55 bits per heavy atom. The van der Waals surface area contributed by atoms with Crippen molar-refractivity contribution < 1.29 is 14.6 Å². The maximum absolute atomic E-state index is 10.5. The molecule has 0 bridgehead atoms. The number of ether oxygens (including phenoxy) is 2. The van der Waals surface area contributed by atoms with Gasteiger partial charge in [0, 0.05) is 0 Å². The van der Waals surface area contributed by atoms with Gasteiger partial charge in [-0.2, -0.15) is 0 Å². The van der Waals surface area contributed by atoms with Gasteiger partial charge in [0.2, 0.25) is 0 Å². The van der Waals surface area contributed by atoms with Crippen LogP contribution in [0.3, 0.4) is 0 Å². The minimum atomic E-state index is -0.941. The zero-order valence-electron chi connectivity index (χ0n) is 13.1.